The normalized spacial score (nSPS) is 10.2. The Hall–Kier alpha value is -1.82. The van der Waals surface area contributed by atoms with Crippen LogP contribution in [0.5, 0.6) is 0 Å². The molecule has 76 valence electrons. The molecule has 0 heteroatoms. The van der Waals surface area contributed by atoms with Crippen LogP contribution < -0.4 is 0 Å². The molecule has 0 amide bonds. The van der Waals surface area contributed by atoms with E-state index >= 15 is 0 Å². The van der Waals surface area contributed by atoms with Crippen molar-refractivity contribution in [2.45, 2.75) is 6.92 Å². The van der Waals surface area contributed by atoms with Gasteiger partial charge in [0, 0.05) is 0 Å². The van der Waals surface area contributed by atoms with E-state index in [1.165, 1.54) is 0 Å². The van der Waals surface area contributed by atoms with Gasteiger partial charge in [-0.05, 0) is 23.6 Å². The number of hydrogen-bond donors (Lipinski definition) is 0. The zero-order valence-corrected chi connectivity index (χ0v) is 9.16. The summed E-state index contributed by atoms with van der Waals surface area (Å²) in [5, 5.41) is 0. The molecule has 15 heavy (non-hydrogen) atoms. The summed E-state index contributed by atoms with van der Waals surface area (Å²) >= 11 is 0. The molecule has 0 unspecified atom stereocenters. The van der Waals surface area contributed by atoms with Crippen molar-refractivity contribution in [1.82, 2.24) is 0 Å². The molecular weight excluding hydrogens is 180 g/mol. The Morgan fingerprint density at radius 2 is 1.80 bits per heavy atom. The van der Waals surface area contributed by atoms with Crippen LogP contribution in [0.4, 0.5) is 0 Å². The molecule has 1 aromatic rings. The van der Waals surface area contributed by atoms with Crippen LogP contribution in [0.2, 0.25) is 0 Å². The molecule has 0 fully saturated rings. The summed E-state index contributed by atoms with van der Waals surface area (Å²) in [4.78, 5) is 0. The van der Waals surface area contributed by atoms with E-state index in [1.54, 1.807) is 0 Å². The van der Waals surface area contributed by atoms with Gasteiger partial charge in [0.15, 0.2) is 0 Å². The van der Waals surface area contributed by atoms with Gasteiger partial charge in [-0.2, -0.15) is 0 Å². The lowest BCUT2D eigenvalue weighted by molar-refractivity contribution is 1.54. The molecule has 0 N–H and O–H groups in total. The van der Waals surface area contributed by atoms with Crippen LogP contribution in [0.15, 0.2) is 49.6 Å². The van der Waals surface area contributed by atoms with Crippen LogP contribution in [0.25, 0.3) is 18.2 Å². The summed E-state index contributed by atoms with van der Waals surface area (Å²) in [5.74, 6) is 0. The summed E-state index contributed by atoms with van der Waals surface area (Å²) < 4.78 is 0. The molecule has 1 rings (SSSR count). The van der Waals surface area contributed by atoms with Gasteiger partial charge in [-0.25, -0.2) is 0 Å². The molecule has 0 aliphatic carbocycles. The maximum Gasteiger partial charge on any atom is -0.0118 e. The monoisotopic (exact) mass is 196 g/mol. The largest absolute Gasteiger partial charge is 0.0984 e. The molecule has 0 atom stereocenters. The molecule has 0 aliphatic heterocycles. The van der Waals surface area contributed by atoms with Crippen LogP contribution in [0, 0.1) is 0 Å². The van der Waals surface area contributed by atoms with Gasteiger partial charge >= 0.3 is 0 Å². The van der Waals surface area contributed by atoms with Crippen molar-refractivity contribution in [3.63, 3.8) is 0 Å². The minimum Gasteiger partial charge on any atom is -0.0984 e. The zero-order chi connectivity index (χ0) is 11.3. The molecule has 0 heterocycles. The highest BCUT2D eigenvalue weighted by Gasteiger charge is 1.99. The highest BCUT2D eigenvalue weighted by Crippen LogP contribution is 2.19. The van der Waals surface area contributed by atoms with Gasteiger partial charge in [0.1, 0.15) is 0 Å². The van der Waals surface area contributed by atoms with E-state index < -0.39 is 0 Å². The quantitative estimate of drug-likeness (QED) is 0.619. The first-order valence-electron chi connectivity index (χ1n) is 4.90. The molecule has 0 bridgehead atoms. The first-order valence-corrected chi connectivity index (χ1v) is 4.90. The fourth-order valence-corrected chi connectivity index (χ4v) is 1.39. The second-order valence-electron chi connectivity index (χ2n) is 3.44. The molecule has 0 nitrogen and oxygen atoms in total. The maximum atomic E-state index is 3.84. The predicted octanol–water partition coefficient (Wildman–Crippen LogP) is 4.56. The van der Waals surface area contributed by atoms with Crippen molar-refractivity contribution in [2.75, 3.05) is 0 Å². The van der Waals surface area contributed by atoms with Crippen molar-refractivity contribution in [3.8, 4) is 0 Å². The minimum atomic E-state index is 1.04. The Bertz CT molecular complexity index is 420. The molecule has 0 saturated carbocycles. The van der Waals surface area contributed by atoms with Gasteiger partial charge in [0.2, 0.25) is 0 Å². The summed E-state index contributed by atoms with van der Waals surface area (Å²) in [6.07, 6.45) is 7.74. The highest BCUT2D eigenvalue weighted by atomic mass is 14.0. The molecule has 0 radical (unpaired) electrons. The first kappa shape index (κ1) is 11.3. The maximum absolute atomic E-state index is 3.84. The smallest absolute Gasteiger partial charge is 0.0118 e. The van der Waals surface area contributed by atoms with Gasteiger partial charge in [0.25, 0.3) is 0 Å². The van der Waals surface area contributed by atoms with E-state index in [2.05, 4.69) is 25.8 Å². The zero-order valence-electron chi connectivity index (χ0n) is 9.16. The average molecular weight is 196 g/mol. The van der Waals surface area contributed by atoms with E-state index in [1.807, 2.05) is 43.4 Å². The van der Waals surface area contributed by atoms with Crippen LogP contribution in [0.1, 0.15) is 23.6 Å². The van der Waals surface area contributed by atoms with Crippen LogP contribution in [-0.2, 0) is 0 Å². The molecule has 1 aromatic carbocycles. The van der Waals surface area contributed by atoms with E-state index in [0.29, 0.717) is 0 Å². The first-order chi connectivity index (χ1) is 7.19. The Kier molecular flexibility index (Phi) is 3.87. The summed E-state index contributed by atoms with van der Waals surface area (Å²) in [6.45, 7) is 13.4. The second kappa shape index (κ2) is 5.16. The van der Waals surface area contributed by atoms with Crippen molar-refractivity contribution >= 4 is 18.2 Å². The third-order valence-electron chi connectivity index (χ3n) is 2.15. The van der Waals surface area contributed by atoms with E-state index in [4.69, 9.17) is 0 Å². The number of benzene rings is 1. The fraction of sp³-hybridized carbons (Fsp3) is 0.0667. The SMILES string of the molecule is C=Cc1cccc(/C=C/C(=C)C)c1C=C. The Morgan fingerprint density at radius 1 is 1.13 bits per heavy atom. The van der Waals surface area contributed by atoms with E-state index in [-0.39, 0.29) is 0 Å². The second-order valence-corrected chi connectivity index (χ2v) is 3.44. The standard InChI is InChI=1S/C15H16/c1-5-13-8-7-9-14(15(13)6-2)11-10-12(3)4/h5-11H,1-3H2,4H3/b11-10+. The van der Waals surface area contributed by atoms with Gasteiger partial charge in [-0.3, -0.25) is 0 Å². The fourth-order valence-electron chi connectivity index (χ4n) is 1.39. The lowest BCUT2D eigenvalue weighted by Crippen LogP contribution is -1.85. The van der Waals surface area contributed by atoms with Gasteiger partial charge in [-0.15, -0.1) is 0 Å². The average Bonchev–Trinajstić information content (AvgIpc) is 2.25. The Morgan fingerprint density at radius 3 is 2.33 bits per heavy atom. The van der Waals surface area contributed by atoms with Crippen molar-refractivity contribution in [3.05, 3.63) is 66.3 Å². The third kappa shape index (κ3) is 2.81. The van der Waals surface area contributed by atoms with Crippen LogP contribution >= 0.6 is 0 Å². The number of hydrogen-bond acceptors (Lipinski definition) is 0. The van der Waals surface area contributed by atoms with Gasteiger partial charge in [-0.1, -0.05) is 67.8 Å². The van der Waals surface area contributed by atoms with E-state index in [9.17, 15) is 0 Å². The van der Waals surface area contributed by atoms with Gasteiger partial charge < -0.3 is 0 Å². The molecule has 0 spiro atoms. The summed E-state index contributed by atoms with van der Waals surface area (Å²) in [7, 11) is 0. The minimum absolute atomic E-state index is 1.04. The van der Waals surface area contributed by atoms with E-state index in [0.717, 1.165) is 22.3 Å². The van der Waals surface area contributed by atoms with Crippen molar-refractivity contribution < 1.29 is 0 Å². The van der Waals surface area contributed by atoms with Crippen LogP contribution in [0.3, 0.4) is 0 Å². The molecule has 0 saturated heterocycles. The topological polar surface area (TPSA) is 0 Å². The third-order valence-corrected chi connectivity index (χ3v) is 2.15. The van der Waals surface area contributed by atoms with Crippen molar-refractivity contribution in [2.24, 2.45) is 0 Å². The summed E-state index contributed by atoms with van der Waals surface area (Å²) in [6, 6.07) is 6.10. The Balaban J connectivity index is 3.23. The lowest BCUT2D eigenvalue weighted by atomic mass is 10.00. The predicted molar refractivity (Wildman–Crippen MR) is 70.5 cm³/mol. The number of allylic oxidation sites excluding steroid dienone is 2. The van der Waals surface area contributed by atoms with Gasteiger partial charge in [0.05, 0.1) is 0 Å². The summed E-state index contributed by atoms with van der Waals surface area (Å²) in [5.41, 5.74) is 4.40. The highest BCUT2D eigenvalue weighted by molar-refractivity contribution is 5.73. The van der Waals surface area contributed by atoms with Crippen LogP contribution in [-0.4, -0.2) is 0 Å². The Labute approximate surface area is 92.0 Å². The van der Waals surface area contributed by atoms with Crippen molar-refractivity contribution in [1.29, 1.82) is 0 Å². The number of rotatable bonds is 4. The molecule has 0 aliphatic rings. The molecular formula is C15H16. The molecule has 0 aromatic heterocycles. The lowest BCUT2D eigenvalue weighted by Gasteiger charge is -2.05.